The van der Waals surface area contributed by atoms with E-state index in [0.717, 1.165) is 6.92 Å². The summed E-state index contributed by atoms with van der Waals surface area (Å²) in [5.41, 5.74) is -3.24. The molecule has 0 aliphatic carbocycles. The van der Waals surface area contributed by atoms with Crippen molar-refractivity contribution < 1.29 is 41.8 Å². The van der Waals surface area contributed by atoms with Crippen LogP contribution >= 0.6 is 0 Å². The first-order valence-corrected chi connectivity index (χ1v) is 8.90. The van der Waals surface area contributed by atoms with E-state index in [0.29, 0.717) is 6.07 Å². The van der Waals surface area contributed by atoms with Crippen molar-refractivity contribution in [3.05, 3.63) is 34.6 Å². The molecule has 1 fully saturated rings. The Morgan fingerprint density at radius 3 is 2.24 bits per heavy atom. The number of carbonyl (C=O) groups excluding carboxylic acids is 3. The summed E-state index contributed by atoms with van der Waals surface area (Å²) in [5, 5.41) is 0. The van der Waals surface area contributed by atoms with Crippen LogP contribution in [0, 0.1) is 17.5 Å². The smallest absolute Gasteiger partial charge is 0.410 e. The molecule has 1 aromatic rings. The standard InChI is InChI=1S/C19H22F3NO6/c1-10(28-18(26)23-5-7-27-8-6-23)16(24)13-12(20)9-11(14(21)15(13)22)17(25)29-19(2,3)4/h9-10H,5-8H2,1-4H3/t10-/m0/s1. The molecule has 0 N–H and O–H groups in total. The molecule has 1 heterocycles. The molecule has 1 saturated heterocycles. The highest BCUT2D eigenvalue weighted by atomic mass is 19.2. The van der Waals surface area contributed by atoms with Crippen molar-refractivity contribution in [1.29, 1.82) is 0 Å². The zero-order chi connectivity index (χ0) is 21.9. The largest absolute Gasteiger partial charge is 0.456 e. The fourth-order valence-electron chi connectivity index (χ4n) is 2.53. The zero-order valence-electron chi connectivity index (χ0n) is 16.5. The third-order valence-corrected chi connectivity index (χ3v) is 3.94. The SMILES string of the molecule is C[C@H](OC(=O)N1CCOCC1)C(=O)c1c(F)cc(C(=O)OC(C)(C)C)c(F)c1F. The summed E-state index contributed by atoms with van der Waals surface area (Å²) in [6, 6.07) is 0.385. The topological polar surface area (TPSA) is 82.1 Å². The Morgan fingerprint density at radius 2 is 1.69 bits per heavy atom. The molecule has 0 aromatic heterocycles. The minimum absolute atomic E-state index is 0.238. The number of esters is 1. The Morgan fingerprint density at radius 1 is 1.10 bits per heavy atom. The van der Waals surface area contributed by atoms with E-state index in [9.17, 15) is 27.6 Å². The number of hydrogen-bond donors (Lipinski definition) is 0. The summed E-state index contributed by atoms with van der Waals surface area (Å²) in [4.78, 5) is 37.6. The lowest BCUT2D eigenvalue weighted by atomic mass is 10.0. The number of morpholine rings is 1. The Kier molecular flexibility index (Phi) is 6.89. The van der Waals surface area contributed by atoms with E-state index in [4.69, 9.17) is 14.2 Å². The van der Waals surface area contributed by atoms with Crippen molar-refractivity contribution in [2.24, 2.45) is 0 Å². The number of rotatable bonds is 4. The molecule has 0 radical (unpaired) electrons. The molecule has 10 heteroatoms. The van der Waals surface area contributed by atoms with Crippen molar-refractivity contribution >= 4 is 17.8 Å². The average Bonchev–Trinajstić information content (AvgIpc) is 2.63. The minimum Gasteiger partial charge on any atom is -0.456 e. The predicted octanol–water partition coefficient (Wildman–Crippen LogP) is 3.10. The Bertz CT molecular complexity index is 815. The third kappa shape index (κ3) is 5.47. The number of hydrogen-bond acceptors (Lipinski definition) is 6. The third-order valence-electron chi connectivity index (χ3n) is 3.94. The van der Waals surface area contributed by atoms with Crippen molar-refractivity contribution in [2.75, 3.05) is 26.3 Å². The highest BCUT2D eigenvalue weighted by Crippen LogP contribution is 2.24. The van der Waals surface area contributed by atoms with Crippen LogP contribution in [-0.2, 0) is 14.2 Å². The molecule has 1 amide bonds. The van der Waals surface area contributed by atoms with Gasteiger partial charge in [-0.15, -0.1) is 0 Å². The molecule has 1 aliphatic heterocycles. The Hall–Kier alpha value is -2.62. The van der Waals surface area contributed by atoms with Gasteiger partial charge >= 0.3 is 12.1 Å². The van der Waals surface area contributed by atoms with Crippen LogP contribution in [0.1, 0.15) is 48.4 Å². The fraction of sp³-hybridized carbons (Fsp3) is 0.526. The summed E-state index contributed by atoms with van der Waals surface area (Å²) in [6.07, 6.45) is -2.44. The summed E-state index contributed by atoms with van der Waals surface area (Å²) >= 11 is 0. The van der Waals surface area contributed by atoms with Gasteiger partial charge in [-0.3, -0.25) is 4.79 Å². The average molecular weight is 417 g/mol. The van der Waals surface area contributed by atoms with Crippen molar-refractivity contribution in [1.82, 2.24) is 4.90 Å². The number of amides is 1. The molecule has 0 bridgehead atoms. The number of carbonyl (C=O) groups is 3. The van der Waals surface area contributed by atoms with Crippen LogP contribution in [0.2, 0.25) is 0 Å². The van der Waals surface area contributed by atoms with Crippen LogP contribution in [0.25, 0.3) is 0 Å². The van der Waals surface area contributed by atoms with E-state index in [1.54, 1.807) is 0 Å². The lowest BCUT2D eigenvalue weighted by Crippen LogP contribution is -2.43. The summed E-state index contributed by atoms with van der Waals surface area (Å²) < 4.78 is 58.0. The first kappa shape index (κ1) is 22.7. The lowest BCUT2D eigenvalue weighted by Gasteiger charge is -2.27. The molecule has 1 aromatic carbocycles. The predicted molar refractivity (Wildman–Crippen MR) is 94.2 cm³/mol. The van der Waals surface area contributed by atoms with Crippen LogP contribution in [-0.4, -0.2) is 60.8 Å². The maximum absolute atomic E-state index is 14.4. The van der Waals surface area contributed by atoms with Gasteiger partial charge in [-0.2, -0.15) is 0 Å². The number of halogens is 3. The molecule has 1 aliphatic rings. The van der Waals surface area contributed by atoms with E-state index in [1.165, 1.54) is 25.7 Å². The van der Waals surface area contributed by atoms with Gasteiger partial charge in [0.1, 0.15) is 17.0 Å². The molecule has 160 valence electrons. The van der Waals surface area contributed by atoms with E-state index < -0.39 is 58.1 Å². The highest BCUT2D eigenvalue weighted by Gasteiger charge is 2.33. The number of Topliss-reactive ketones (excluding diaryl/α,β-unsaturated/α-hetero) is 1. The second-order valence-corrected chi connectivity index (χ2v) is 7.40. The van der Waals surface area contributed by atoms with E-state index >= 15 is 0 Å². The van der Waals surface area contributed by atoms with Gasteiger partial charge in [0.15, 0.2) is 17.7 Å². The van der Waals surface area contributed by atoms with Crippen LogP contribution in [0.3, 0.4) is 0 Å². The summed E-state index contributed by atoms with van der Waals surface area (Å²) in [7, 11) is 0. The van der Waals surface area contributed by atoms with Gasteiger partial charge in [0.25, 0.3) is 0 Å². The number of nitrogens with zero attached hydrogens (tertiary/aromatic N) is 1. The molecule has 0 saturated carbocycles. The van der Waals surface area contributed by atoms with Crippen molar-refractivity contribution in [2.45, 2.75) is 39.4 Å². The lowest BCUT2D eigenvalue weighted by molar-refractivity contribution is 0.00625. The van der Waals surface area contributed by atoms with Gasteiger partial charge in [0.2, 0.25) is 5.78 Å². The fourth-order valence-corrected chi connectivity index (χ4v) is 2.53. The van der Waals surface area contributed by atoms with Gasteiger partial charge in [0, 0.05) is 13.1 Å². The molecular weight excluding hydrogens is 395 g/mol. The van der Waals surface area contributed by atoms with Crippen LogP contribution in [0.5, 0.6) is 0 Å². The molecule has 0 spiro atoms. The van der Waals surface area contributed by atoms with Crippen molar-refractivity contribution in [3.8, 4) is 0 Å². The Labute approximate surface area is 165 Å². The van der Waals surface area contributed by atoms with Gasteiger partial charge in [-0.25, -0.2) is 22.8 Å². The number of benzene rings is 1. The second kappa shape index (κ2) is 8.81. The first-order chi connectivity index (χ1) is 13.4. The molecule has 29 heavy (non-hydrogen) atoms. The molecule has 1 atom stereocenters. The van der Waals surface area contributed by atoms with Gasteiger partial charge in [-0.1, -0.05) is 0 Å². The Balaban J connectivity index is 2.22. The monoisotopic (exact) mass is 417 g/mol. The first-order valence-electron chi connectivity index (χ1n) is 8.90. The number of ether oxygens (including phenoxy) is 3. The van der Waals surface area contributed by atoms with Gasteiger partial charge in [-0.05, 0) is 33.8 Å². The maximum Gasteiger partial charge on any atom is 0.410 e. The summed E-state index contributed by atoms with van der Waals surface area (Å²) in [5.74, 6) is -7.61. The van der Waals surface area contributed by atoms with Crippen molar-refractivity contribution in [3.63, 3.8) is 0 Å². The van der Waals surface area contributed by atoms with Crippen LogP contribution in [0.15, 0.2) is 6.07 Å². The molecular formula is C19H22F3NO6. The highest BCUT2D eigenvalue weighted by molar-refractivity contribution is 6.01. The van der Waals surface area contributed by atoms with Crippen LogP contribution in [0.4, 0.5) is 18.0 Å². The molecule has 7 nitrogen and oxygen atoms in total. The van der Waals surface area contributed by atoms with E-state index in [2.05, 4.69) is 0 Å². The molecule has 2 rings (SSSR count). The number of ketones is 1. The normalized spacial score (nSPS) is 15.6. The van der Waals surface area contributed by atoms with Gasteiger partial charge in [0.05, 0.1) is 18.8 Å². The zero-order valence-corrected chi connectivity index (χ0v) is 16.5. The molecule has 0 unspecified atom stereocenters. The van der Waals surface area contributed by atoms with E-state index in [-0.39, 0.29) is 26.3 Å². The maximum atomic E-state index is 14.4. The van der Waals surface area contributed by atoms with E-state index in [1.807, 2.05) is 0 Å². The second-order valence-electron chi connectivity index (χ2n) is 7.40. The minimum atomic E-state index is -1.86. The van der Waals surface area contributed by atoms with Gasteiger partial charge < -0.3 is 19.1 Å². The summed E-state index contributed by atoms with van der Waals surface area (Å²) in [6.45, 7) is 6.66. The quantitative estimate of drug-likeness (QED) is 0.425. The van der Waals surface area contributed by atoms with Crippen LogP contribution < -0.4 is 0 Å².